The number of thiazole rings is 1. The summed E-state index contributed by atoms with van der Waals surface area (Å²) in [6, 6.07) is 11.3. The highest BCUT2D eigenvalue weighted by molar-refractivity contribution is 7.09. The van der Waals surface area contributed by atoms with Gasteiger partial charge in [0.25, 0.3) is 0 Å². The summed E-state index contributed by atoms with van der Waals surface area (Å²) in [4.78, 5) is 6.97. The minimum atomic E-state index is 0.569. The fourth-order valence-corrected chi connectivity index (χ4v) is 3.24. The molecule has 0 saturated carbocycles. The molecule has 1 aromatic heterocycles. The molecule has 0 aliphatic carbocycles. The van der Waals surface area contributed by atoms with Crippen molar-refractivity contribution in [3.8, 4) is 0 Å². The normalized spacial score (nSPS) is 20.5. The number of aromatic nitrogens is 1. The lowest BCUT2D eigenvalue weighted by molar-refractivity contribution is 0.152. The minimum absolute atomic E-state index is 0.569. The second-order valence-corrected chi connectivity index (χ2v) is 5.92. The van der Waals surface area contributed by atoms with E-state index in [1.807, 2.05) is 6.20 Å². The summed E-state index contributed by atoms with van der Waals surface area (Å²) in [5.74, 6) is 0. The highest BCUT2D eigenvalue weighted by Crippen LogP contribution is 2.15. The zero-order valence-corrected chi connectivity index (χ0v) is 11.8. The van der Waals surface area contributed by atoms with Crippen LogP contribution in [0.1, 0.15) is 10.6 Å². The molecule has 3 rings (SSSR count). The summed E-state index contributed by atoms with van der Waals surface area (Å²) in [5.41, 5.74) is 1.42. The van der Waals surface area contributed by atoms with Gasteiger partial charge in [-0.25, -0.2) is 4.98 Å². The van der Waals surface area contributed by atoms with Crippen LogP contribution in [0.25, 0.3) is 0 Å². The molecule has 0 bridgehead atoms. The third kappa shape index (κ3) is 3.41. The molecule has 4 heteroatoms. The largest absolute Gasteiger partial charge is 0.314 e. The molecule has 19 heavy (non-hydrogen) atoms. The van der Waals surface area contributed by atoms with E-state index in [2.05, 4.69) is 50.9 Å². The van der Waals surface area contributed by atoms with Crippen LogP contribution in [0, 0.1) is 0 Å². The van der Waals surface area contributed by atoms with Crippen LogP contribution in [0.5, 0.6) is 0 Å². The maximum Gasteiger partial charge on any atom is 0.107 e. The van der Waals surface area contributed by atoms with Gasteiger partial charge in [-0.2, -0.15) is 0 Å². The highest BCUT2D eigenvalue weighted by Gasteiger charge is 2.22. The van der Waals surface area contributed by atoms with Crippen LogP contribution in [0.4, 0.5) is 0 Å². The van der Waals surface area contributed by atoms with Crippen LogP contribution in [0.2, 0.25) is 0 Å². The lowest BCUT2D eigenvalue weighted by Gasteiger charge is -2.35. The van der Waals surface area contributed by atoms with Crippen molar-refractivity contribution in [1.82, 2.24) is 15.2 Å². The molecule has 1 aromatic carbocycles. The van der Waals surface area contributed by atoms with Crippen LogP contribution in [0.3, 0.4) is 0 Å². The van der Waals surface area contributed by atoms with E-state index in [9.17, 15) is 0 Å². The Morgan fingerprint density at radius 1 is 1.32 bits per heavy atom. The molecule has 2 aromatic rings. The zero-order chi connectivity index (χ0) is 12.9. The maximum atomic E-state index is 4.41. The number of rotatable bonds is 4. The number of piperazine rings is 1. The standard InChI is InChI=1S/C15H19N3S/c1-2-4-13(5-3-1)10-14-11-16-6-8-18(14)12-15-17-7-9-19-15/h1-5,7,9,14,16H,6,8,10-12H2. The Morgan fingerprint density at radius 2 is 2.21 bits per heavy atom. The highest BCUT2D eigenvalue weighted by atomic mass is 32.1. The number of nitrogens with one attached hydrogen (secondary N) is 1. The Balaban J connectivity index is 1.67. The van der Waals surface area contributed by atoms with Crippen molar-refractivity contribution in [2.45, 2.75) is 19.0 Å². The second-order valence-electron chi connectivity index (χ2n) is 4.94. The van der Waals surface area contributed by atoms with Gasteiger partial charge in [-0.1, -0.05) is 30.3 Å². The van der Waals surface area contributed by atoms with Crippen LogP contribution in [0.15, 0.2) is 41.9 Å². The Bertz CT molecular complexity index is 483. The topological polar surface area (TPSA) is 28.2 Å². The quantitative estimate of drug-likeness (QED) is 0.925. The molecular weight excluding hydrogens is 254 g/mol. The summed E-state index contributed by atoms with van der Waals surface area (Å²) in [6.07, 6.45) is 3.01. The van der Waals surface area contributed by atoms with Crippen molar-refractivity contribution in [2.75, 3.05) is 19.6 Å². The van der Waals surface area contributed by atoms with Gasteiger partial charge < -0.3 is 5.32 Å². The van der Waals surface area contributed by atoms with Crippen molar-refractivity contribution >= 4 is 11.3 Å². The van der Waals surface area contributed by atoms with Crippen molar-refractivity contribution < 1.29 is 0 Å². The molecular formula is C15H19N3S. The van der Waals surface area contributed by atoms with Crippen LogP contribution in [-0.4, -0.2) is 35.6 Å². The average Bonchev–Trinajstić information content (AvgIpc) is 2.95. The van der Waals surface area contributed by atoms with Gasteiger partial charge in [0.15, 0.2) is 0 Å². The molecule has 1 aliphatic heterocycles. The number of hydrogen-bond donors (Lipinski definition) is 1. The predicted octanol–water partition coefficient (Wildman–Crippen LogP) is 2.16. The molecule has 0 radical (unpaired) electrons. The third-order valence-electron chi connectivity index (χ3n) is 3.61. The van der Waals surface area contributed by atoms with Crippen LogP contribution in [-0.2, 0) is 13.0 Å². The van der Waals surface area contributed by atoms with Gasteiger partial charge in [-0.3, -0.25) is 4.90 Å². The third-order valence-corrected chi connectivity index (χ3v) is 4.37. The van der Waals surface area contributed by atoms with Gasteiger partial charge in [-0.15, -0.1) is 11.3 Å². The first kappa shape index (κ1) is 12.8. The molecule has 3 nitrogen and oxygen atoms in total. The van der Waals surface area contributed by atoms with E-state index in [0.29, 0.717) is 6.04 Å². The molecule has 0 spiro atoms. The monoisotopic (exact) mass is 273 g/mol. The molecule has 1 saturated heterocycles. The maximum absolute atomic E-state index is 4.41. The zero-order valence-electron chi connectivity index (χ0n) is 11.0. The summed E-state index contributed by atoms with van der Waals surface area (Å²) in [6.45, 7) is 4.24. The number of hydrogen-bond acceptors (Lipinski definition) is 4. The molecule has 100 valence electrons. The summed E-state index contributed by atoms with van der Waals surface area (Å²) >= 11 is 1.75. The first-order valence-electron chi connectivity index (χ1n) is 6.79. The minimum Gasteiger partial charge on any atom is -0.314 e. The molecule has 1 fully saturated rings. The van der Waals surface area contributed by atoms with Crippen LogP contribution < -0.4 is 5.32 Å². The van der Waals surface area contributed by atoms with Crippen LogP contribution >= 0.6 is 11.3 Å². The van der Waals surface area contributed by atoms with Crippen molar-refractivity contribution in [3.63, 3.8) is 0 Å². The number of nitrogens with zero attached hydrogens (tertiary/aromatic N) is 2. The van der Waals surface area contributed by atoms with E-state index in [-0.39, 0.29) is 0 Å². The van der Waals surface area contributed by atoms with Gasteiger partial charge in [0.05, 0.1) is 6.54 Å². The molecule has 1 unspecified atom stereocenters. The van der Waals surface area contributed by atoms with Gasteiger partial charge in [-0.05, 0) is 12.0 Å². The molecule has 1 N–H and O–H groups in total. The van der Waals surface area contributed by atoms with E-state index in [1.165, 1.54) is 10.6 Å². The smallest absolute Gasteiger partial charge is 0.107 e. The van der Waals surface area contributed by atoms with E-state index in [4.69, 9.17) is 0 Å². The summed E-state index contributed by atoms with van der Waals surface area (Å²) in [7, 11) is 0. The Labute approximate surface area is 118 Å². The molecule has 1 atom stereocenters. The van der Waals surface area contributed by atoms with Gasteiger partial charge in [0.2, 0.25) is 0 Å². The lowest BCUT2D eigenvalue weighted by atomic mass is 10.0. The van der Waals surface area contributed by atoms with Gasteiger partial charge in [0, 0.05) is 37.3 Å². The van der Waals surface area contributed by atoms with E-state index >= 15 is 0 Å². The lowest BCUT2D eigenvalue weighted by Crippen LogP contribution is -2.51. The van der Waals surface area contributed by atoms with E-state index in [0.717, 1.165) is 32.6 Å². The Kier molecular flexibility index (Phi) is 4.23. The average molecular weight is 273 g/mol. The Morgan fingerprint density at radius 3 is 3.00 bits per heavy atom. The summed E-state index contributed by atoms with van der Waals surface area (Å²) in [5, 5.41) is 6.79. The number of benzene rings is 1. The Hall–Kier alpha value is -1.23. The van der Waals surface area contributed by atoms with Gasteiger partial charge >= 0.3 is 0 Å². The van der Waals surface area contributed by atoms with Crippen molar-refractivity contribution in [1.29, 1.82) is 0 Å². The van der Waals surface area contributed by atoms with E-state index in [1.54, 1.807) is 11.3 Å². The molecule has 1 aliphatic rings. The fraction of sp³-hybridized carbons (Fsp3) is 0.400. The fourth-order valence-electron chi connectivity index (χ4n) is 2.60. The molecule has 0 amide bonds. The van der Waals surface area contributed by atoms with Crippen molar-refractivity contribution in [2.24, 2.45) is 0 Å². The van der Waals surface area contributed by atoms with Gasteiger partial charge in [0.1, 0.15) is 5.01 Å². The summed E-state index contributed by atoms with van der Waals surface area (Å²) < 4.78 is 0. The first-order valence-corrected chi connectivity index (χ1v) is 7.67. The second kappa shape index (κ2) is 6.28. The molecule has 2 heterocycles. The SMILES string of the molecule is c1ccc(CC2CNCCN2Cc2nccs2)cc1. The van der Waals surface area contributed by atoms with Crippen molar-refractivity contribution in [3.05, 3.63) is 52.5 Å². The first-order chi connectivity index (χ1) is 9.42. The van der Waals surface area contributed by atoms with E-state index < -0.39 is 0 Å². The predicted molar refractivity (Wildman–Crippen MR) is 79.3 cm³/mol.